The highest BCUT2D eigenvalue weighted by atomic mass is 35.5. The van der Waals surface area contributed by atoms with Crippen LogP contribution >= 0.6 is 34.5 Å². The lowest BCUT2D eigenvalue weighted by Crippen LogP contribution is -1.97. The summed E-state index contributed by atoms with van der Waals surface area (Å²) in [5.74, 6) is 0.374. The zero-order valence-corrected chi connectivity index (χ0v) is 14.1. The molecule has 1 heterocycles. The van der Waals surface area contributed by atoms with Crippen molar-refractivity contribution in [1.82, 2.24) is 0 Å². The van der Waals surface area contributed by atoms with Gasteiger partial charge in [-0.25, -0.2) is 0 Å². The fourth-order valence-electron chi connectivity index (χ4n) is 1.53. The number of hydrogen-bond donors (Lipinski definition) is 0. The first-order valence-electron chi connectivity index (χ1n) is 5.89. The third-order valence-corrected chi connectivity index (χ3v) is 5.57. The molecule has 1 aromatic heterocycles. The Balaban J connectivity index is 2.30. The van der Waals surface area contributed by atoms with Crippen LogP contribution in [-0.2, 0) is 10.0 Å². The molecule has 0 aliphatic heterocycles. The standard InChI is InChI=1S/C13H11Cl2NO3S2/c1-2-19-13-10(14)6-9(7-11(13)15)8-16-21(17,18)12-4-3-5-20-12/h3-8H,2H2,1H3/b16-8-. The second-order valence-electron chi connectivity index (χ2n) is 3.89. The van der Waals surface area contributed by atoms with Gasteiger partial charge in [0.05, 0.1) is 16.7 Å². The number of rotatable bonds is 5. The van der Waals surface area contributed by atoms with Crippen molar-refractivity contribution in [2.45, 2.75) is 11.1 Å². The second kappa shape index (κ2) is 6.79. The van der Waals surface area contributed by atoms with E-state index in [0.29, 0.717) is 28.0 Å². The van der Waals surface area contributed by atoms with Crippen molar-refractivity contribution in [3.63, 3.8) is 0 Å². The Morgan fingerprint density at radius 1 is 1.33 bits per heavy atom. The van der Waals surface area contributed by atoms with Gasteiger partial charge in [-0.1, -0.05) is 29.3 Å². The molecule has 8 heteroatoms. The summed E-state index contributed by atoms with van der Waals surface area (Å²) in [5, 5.41) is 2.28. The van der Waals surface area contributed by atoms with Crippen molar-refractivity contribution < 1.29 is 13.2 Å². The molecule has 0 aliphatic rings. The SMILES string of the molecule is CCOc1c(Cl)cc(/C=N\S(=O)(=O)c2cccs2)cc1Cl. The highest BCUT2D eigenvalue weighted by Gasteiger charge is 2.13. The number of benzene rings is 1. The van der Waals surface area contributed by atoms with Gasteiger partial charge in [0, 0.05) is 6.21 Å². The van der Waals surface area contributed by atoms with Gasteiger partial charge >= 0.3 is 0 Å². The maximum atomic E-state index is 11.9. The smallest absolute Gasteiger partial charge is 0.291 e. The number of hydrogen-bond acceptors (Lipinski definition) is 4. The highest BCUT2D eigenvalue weighted by molar-refractivity contribution is 7.92. The second-order valence-corrected chi connectivity index (χ2v) is 7.51. The normalized spacial score (nSPS) is 12.0. The molecule has 2 rings (SSSR count). The van der Waals surface area contributed by atoms with Crippen LogP contribution in [0.2, 0.25) is 10.0 Å². The molecule has 4 nitrogen and oxygen atoms in total. The van der Waals surface area contributed by atoms with Gasteiger partial charge < -0.3 is 4.74 Å². The molecule has 1 aromatic carbocycles. The Morgan fingerprint density at radius 3 is 2.52 bits per heavy atom. The lowest BCUT2D eigenvalue weighted by Gasteiger charge is -2.08. The van der Waals surface area contributed by atoms with Crippen molar-refractivity contribution in [3.8, 4) is 5.75 Å². The third kappa shape index (κ3) is 3.97. The van der Waals surface area contributed by atoms with Gasteiger partial charge in [-0.15, -0.1) is 11.3 Å². The molecule has 0 atom stereocenters. The average Bonchev–Trinajstić information content (AvgIpc) is 2.95. The maximum absolute atomic E-state index is 11.9. The van der Waals surface area contributed by atoms with Crippen molar-refractivity contribution in [2.24, 2.45) is 4.40 Å². The van der Waals surface area contributed by atoms with Gasteiger partial charge in [-0.3, -0.25) is 0 Å². The molecular formula is C13H11Cl2NO3S2. The number of ether oxygens (including phenoxy) is 1. The topological polar surface area (TPSA) is 55.7 Å². The molecule has 0 saturated carbocycles. The maximum Gasteiger partial charge on any atom is 0.291 e. The van der Waals surface area contributed by atoms with Crippen LogP contribution < -0.4 is 4.74 Å². The molecule has 0 spiro atoms. The first-order valence-corrected chi connectivity index (χ1v) is 8.97. The van der Waals surface area contributed by atoms with Crippen molar-refractivity contribution in [1.29, 1.82) is 0 Å². The van der Waals surface area contributed by atoms with E-state index < -0.39 is 10.0 Å². The van der Waals surface area contributed by atoms with E-state index in [-0.39, 0.29) is 4.21 Å². The zero-order chi connectivity index (χ0) is 15.5. The molecule has 0 amide bonds. The minimum absolute atomic E-state index is 0.182. The number of sulfonamides is 1. The van der Waals surface area contributed by atoms with Crippen molar-refractivity contribution in [2.75, 3.05) is 6.61 Å². The van der Waals surface area contributed by atoms with Crippen LogP contribution in [0.5, 0.6) is 5.75 Å². The van der Waals surface area contributed by atoms with E-state index in [2.05, 4.69) is 4.40 Å². The van der Waals surface area contributed by atoms with Crippen molar-refractivity contribution >= 4 is 50.8 Å². The van der Waals surface area contributed by atoms with E-state index in [1.165, 1.54) is 12.3 Å². The molecule has 0 saturated heterocycles. The fourth-order valence-corrected chi connectivity index (χ4v) is 3.99. The van der Waals surface area contributed by atoms with Crippen LogP contribution in [0.4, 0.5) is 0 Å². The summed E-state index contributed by atoms with van der Waals surface area (Å²) in [5.41, 5.74) is 0.480. The molecule has 0 unspecified atom stereocenters. The summed E-state index contributed by atoms with van der Waals surface area (Å²) in [6.07, 6.45) is 1.21. The summed E-state index contributed by atoms with van der Waals surface area (Å²) >= 11 is 13.2. The molecule has 0 fully saturated rings. The number of nitrogens with zero attached hydrogens (tertiary/aromatic N) is 1. The fraction of sp³-hybridized carbons (Fsp3) is 0.154. The van der Waals surface area contributed by atoms with E-state index >= 15 is 0 Å². The van der Waals surface area contributed by atoms with Crippen LogP contribution in [0.3, 0.4) is 0 Å². The van der Waals surface area contributed by atoms with Gasteiger partial charge in [-0.2, -0.15) is 12.8 Å². The predicted octanol–water partition coefficient (Wildman–Crippen LogP) is 4.26. The lowest BCUT2D eigenvalue weighted by atomic mass is 10.2. The van der Waals surface area contributed by atoms with Gasteiger partial charge in [0.15, 0.2) is 5.75 Å². The lowest BCUT2D eigenvalue weighted by molar-refractivity contribution is 0.340. The first-order chi connectivity index (χ1) is 9.94. The summed E-state index contributed by atoms with van der Waals surface area (Å²) < 4.78 is 33.0. The minimum Gasteiger partial charge on any atom is -0.491 e. The molecule has 0 aliphatic carbocycles. The minimum atomic E-state index is -3.69. The molecule has 112 valence electrons. The van der Waals surface area contributed by atoms with Crippen molar-refractivity contribution in [3.05, 3.63) is 45.3 Å². The molecule has 2 aromatic rings. The van der Waals surface area contributed by atoms with E-state index in [1.54, 1.807) is 23.6 Å². The van der Waals surface area contributed by atoms with Crippen LogP contribution in [0.1, 0.15) is 12.5 Å². The van der Waals surface area contributed by atoms with Gasteiger partial charge in [0.2, 0.25) is 0 Å². The molecule has 0 radical (unpaired) electrons. The summed E-state index contributed by atoms with van der Waals surface area (Å²) in [7, 11) is -3.69. The third-order valence-electron chi connectivity index (χ3n) is 2.40. The average molecular weight is 364 g/mol. The molecule has 21 heavy (non-hydrogen) atoms. The van der Waals surface area contributed by atoms with Crippen LogP contribution in [0.15, 0.2) is 38.3 Å². The van der Waals surface area contributed by atoms with E-state index in [1.807, 2.05) is 6.92 Å². The molecular weight excluding hydrogens is 353 g/mol. The molecule has 0 bridgehead atoms. The predicted molar refractivity (Wildman–Crippen MR) is 86.7 cm³/mol. The summed E-state index contributed by atoms with van der Waals surface area (Å²) in [4.78, 5) is 0. The summed E-state index contributed by atoms with van der Waals surface area (Å²) in [6, 6.07) is 6.24. The quantitative estimate of drug-likeness (QED) is 0.745. The van der Waals surface area contributed by atoms with E-state index in [9.17, 15) is 8.42 Å². The monoisotopic (exact) mass is 363 g/mol. The molecule has 0 N–H and O–H groups in total. The van der Waals surface area contributed by atoms with E-state index in [0.717, 1.165) is 11.3 Å². The largest absolute Gasteiger partial charge is 0.491 e. The van der Waals surface area contributed by atoms with E-state index in [4.69, 9.17) is 27.9 Å². The Kier molecular flexibility index (Phi) is 5.27. The summed E-state index contributed by atoms with van der Waals surface area (Å²) in [6.45, 7) is 2.25. The van der Waals surface area contributed by atoms with Crippen LogP contribution in [0, 0.1) is 0 Å². The Morgan fingerprint density at radius 2 is 2.00 bits per heavy atom. The van der Waals surface area contributed by atoms with Crippen LogP contribution in [0.25, 0.3) is 0 Å². The van der Waals surface area contributed by atoms with Gasteiger partial charge in [-0.05, 0) is 36.1 Å². The van der Waals surface area contributed by atoms with Crippen LogP contribution in [-0.4, -0.2) is 21.2 Å². The zero-order valence-electron chi connectivity index (χ0n) is 10.9. The number of thiophene rings is 1. The first kappa shape index (κ1) is 16.3. The highest BCUT2D eigenvalue weighted by Crippen LogP contribution is 2.33. The Labute approximate surface area is 137 Å². The Bertz CT molecular complexity index is 733. The number of halogens is 2. The van der Waals surface area contributed by atoms with Gasteiger partial charge in [0.1, 0.15) is 4.21 Å². The Hall–Kier alpha value is -1.08. The van der Waals surface area contributed by atoms with Gasteiger partial charge in [0.25, 0.3) is 10.0 Å².